The molecule has 0 bridgehead atoms. The molecule has 0 saturated carbocycles. The highest BCUT2D eigenvalue weighted by atomic mass is 79.9. The van der Waals surface area contributed by atoms with Crippen LogP contribution in [0.15, 0.2) is 40.9 Å². The van der Waals surface area contributed by atoms with Gasteiger partial charge in [-0.1, -0.05) is 41.1 Å². The van der Waals surface area contributed by atoms with Crippen molar-refractivity contribution in [1.29, 1.82) is 0 Å². The van der Waals surface area contributed by atoms with E-state index in [1.807, 2.05) is 6.07 Å². The summed E-state index contributed by atoms with van der Waals surface area (Å²) in [7, 11) is 0. The van der Waals surface area contributed by atoms with Crippen LogP contribution in [0.2, 0.25) is 0 Å². The third-order valence-corrected chi connectivity index (χ3v) is 4.29. The van der Waals surface area contributed by atoms with E-state index in [-0.39, 0.29) is 11.9 Å². The van der Waals surface area contributed by atoms with Crippen LogP contribution >= 0.6 is 15.9 Å². The fourth-order valence-corrected chi connectivity index (χ4v) is 3.17. The Morgan fingerprint density at radius 3 is 2.62 bits per heavy atom. The summed E-state index contributed by atoms with van der Waals surface area (Å²) in [4.78, 5) is 0. The Morgan fingerprint density at radius 1 is 1.19 bits per heavy atom. The van der Waals surface area contributed by atoms with E-state index >= 15 is 0 Å². The SMILES string of the molecule is CCNC(Cc1cc(F)cc(Br)c1)c1cccc(C)c1C. The van der Waals surface area contributed by atoms with Crippen molar-refractivity contribution in [1.82, 2.24) is 5.32 Å². The third-order valence-electron chi connectivity index (χ3n) is 3.83. The van der Waals surface area contributed by atoms with Gasteiger partial charge in [0.15, 0.2) is 0 Å². The summed E-state index contributed by atoms with van der Waals surface area (Å²) >= 11 is 3.36. The molecule has 0 heterocycles. The Labute approximate surface area is 134 Å². The molecule has 2 aromatic rings. The largest absolute Gasteiger partial charge is 0.310 e. The summed E-state index contributed by atoms with van der Waals surface area (Å²) in [5, 5.41) is 3.52. The van der Waals surface area contributed by atoms with Crippen molar-refractivity contribution >= 4 is 15.9 Å². The predicted octanol–water partition coefficient (Wildman–Crippen LogP) is 5.10. The topological polar surface area (TPSA) is 12.0 Å². The lowest BCUT2D eigenvalue weighted by Crippen LogP contribution is -2.24. The first-order chi connectivity index (χ1) is 10.0. The second-order valence-corrected chi connectivity index (χ2v) is 6.30. The summed E-state index contributed by atoms with van der Waals surface area (Å²) in [6, 6.07) is 11.7. The average molecular weight is 350 g/mol. The Kier molecular flexibility index (Phi) is 5.54. The molecule has 0 amide bonds. The van der Waals surface area contributed by atoms with E-state index in [0.717, 1.165) is 23.0 Å². The number of likely N-dealkylation sites (N-methyl/N-ethyl adjacent to an activating group) is 1. The molecule has 0 spiro atoms. The normalized spacial score (nSPS) is 12.4. The van der Waals surface area contributed by atoms with Crippen molar-refractivity contribution in [2.24, 2.45) is 0 Å². The van der Waals surface area contributed by atoms with Gasteiger partial charge in [-0.15, -0.1) is 0 Å². The van der Waals surface area contributed by atoms with E-state index in [0.29, 0.717) is 0 Å². The van der Waals surface area contributed by atoms with Crippen molar-refractivity contribution in [3.05, 3.63) is 68.9 Å². The minimum absolute atomic E-state index is 0.198. The zero-order valence-corrected chi connectivity index (χ0v) is 14.3. The van der Waals surface area contributed by atoms with Gasteiger partial charge in [-0.25, -0.2) is 4.39 Å². The molecule has 21 heavy (non-hydrogen) atoms. The van der Waals surface area contributed by atoms with Crippen LogP contribution in [0, 0.1) is 19.7 Å². The average Bonchev–Trinajstić information content (AvgIpc) is 2.40. The highest BCUT2D eigenvalue weighted by Gasteiger charge is 2.15. The van der Waals surface area contributed by atoms with Crippen molar-refractivity contribution in [3.63, 3.8) is 0 Å². The Morgan fingerprint density at radius 2 is 1.95 bits per heavy atom. The molecule has 0 radical (unpaired) electrons. The quantitative estimate of drug-likeness (QED) is 0.791. The van der Waals surface area contributed by atoms with Gasteiger partial charge in [0.2, 0.25) is 0 Å². The number of nitrogens with one attached hydrogen (secondary N) is 1. The zero-order chi connectivity index (χ0) is 15.4. The minimum Gasteiger partial charge on any atom is -0.310 e. The second kappa shape index (κ2) is 7.19. The number of rotatable bonds is 5. The maximum absolute atomic E-state index is 13.6. The van der Waals surface area contributed by atoms with Crippen LogP contribution in [-0.2, 0) is 6.42 Å². The van der Waals surface area contributed by atoms with E-state index in [1.54, 1.807) is 6.07 Å². The van der Waals surface area contributed by atoms with Gasteiger partial charge < -0.3 is 5.32 Å². The molecule has 1 atom stereocenters. The Hall–Kier alpha value is -1.19. The standard InChI is InChI=1S/C18H21BrFN/c1-4-21-18(17-7-5-6-12(2)13(17)3)10-14-8-15(19)11-16(20)9-14/h5-9,11,18,21H,4,10H2,1-3H3. The molecule has 1 unspecified atom stereocenters. The van der Waals surface area contributed by atoms with E-state index < -0.39 is 0 Å². The molecule has 3 heteroatoms. The van der Waals surface area contributed by atoms with Crippen LogP contribution < -0.4 is 5.32 Å². The van der Waals surface area contributed by atoms with Crippen molar-refractivity contribution in [2.75, 3.05) is 6.54 Å². The maximum atomic E-state index is 13.6. The van der Waals surface area contributed by atoms with Gasteiger partial charge in [-0.05, 0) is 67.3 Å². The van der Waals surface area contributed by atoms with Crippen LogP contribution in [0.25, 0.3) is 0 Å². The van der Waals surface area contributed by atoms with Crippen LogP contribution in [0.1, 0.15) is 35.2 Å². The van der Waals surface area contributed by atoms with Crippen LogP contribution in [-0.4, -0.2) is 6.54 Å². The molecule has 0 aliphatic carbocycles. The van der Waals surface area contributed by atoms with Gasteiger partial charge in [0.1, 0.15) is 5.82 Å². The molecule has 0 saturated heterocycles. The van der Waals surface area contributed by atoms with Gasteiger partial charge >= 0.3 is 0 Å². The maximum Gasteiger partial charge on any atom is 0.124 e. The number of benzene rings is 2. The molecule has 112 valence electrons. The summed E-state index contributed by atoms with van der Waals surface area (Å²) in [5.74, 6) is -0.199. The second-order valence-electron chi connectivity index (χ2n) is 5.38. The molecule has 1 N–H and O–H groups in total. The van der Waals surface area contributed by atoms with Crippen molar-refractivity contribution in [3.8, 4) is 0 Å². The summed E-state index contributed by atoms with van der Waals surface area (Å²) in [6.45, 7) is 7.26. The van der Waals surface area contributed by atoms with Gasteiger partial charge in [-0.3, -0.25) is 0 Å². The van der Waals surface area contributed by atoms with Crippen molar-refractivity contribution < 1.29 is 4.39 Å². The molecular formula is C18H21BrFN. The zero-order valence-electron chi connectivity index (χ0n) is 12.7. The molecular weight excluding hydrogens is 329 g/mol. The van der Waals surface area contributed by atoms with Gasteiger partial charge in [0.25, 0.3) is 0 Å². The molecule has 2 aromatic carbocycles. The lowest BCUT2D eigenvalue weighted by atomic mass is 9.93. The van der Waals surface area contributed by atoms with Gasteiger partial charge in [0.05, 0.1) is 0 Å². The lowest BCUT2D eigenvalue weighted by Gasteiger charge is -2.22. The molecule has 0 aromatic heterocycles. The molecule has 0 fully saturated rings. The monoisotopic (exact) mass is 349 g/mol. The third kappa shape index (κ3) is 4.14. The first-order valence-corrected chi connectivity index (χ1v) is 8.05. The highest BCUT2D eigenvalue weighted by molar-refractivity contribution is 9.10. The Balaban J connectivity index is 2.32. The van der Waals surface area contributed by atoms with E-state index in [4.69, 9.17) is 0 Å². The van der Waals surface area contributed by atoms with Gasteiger partial charge in [0, 0.05) is 10.5 Å². The van der Waals surface area contributed by atoms with Crippen LogP contribution in [0.5, 0.6) is 0 Å². The summed E-state index contributed by atoms with van der Waals surface area (Å²) in [6.07, 6.45) is 0.772. The molecule has 0 aliphatic heterocycles. The van der Waals surface area contributed by atoms with E-state index in [1.165, 1.54) is 22.8 Å². The summed E-state index contributed by atoms with van der Waals surface area (Å²) < 4.78 is 14.3. The predicted molar refractivity (Wildman–Crippen MR) is 90.1 cm³/mol. The van der Waals surface area contributed by atoms with E-state index in [2.05, 4.69) is 60.2 Å². The van der Waals surface area contributed by atoms with Crippen molar-refractivity contribution in [2.45, 2.75) is 33.2 Å². The number of hydrogen-bond donors (Lipinski definition) is 1. The first-order valence-electron chi connectivity index (χ1n) is 7.25. The Bertz CT molecular complexity index is 604. The van der Waals surface area contributed by atoms with Crippen LogP contribution in [0.4, 0.5) is 4.39 Å². The number of aryl methyl sites for hydroxylation is 1. The number of halogens is 2. The minimum atomic E-state index is -0.199. The van der Waals surface area contributed by atoms with Crippen LogP contribution in [0.3, 0.4) is 0 Å². The van der Waals surface area contributed by atoms with E-state index in [9.17, 15) is 4.39 Å². The summed E-state index contributed by atoms with van der Waals surface area (Å²) in [5.41, 5.74) is 4.88. The first kappa shape index (κ1) is 16.2. The fraction of sp³-hybridized carbons (Fsp3) is 0.333. The molecule has 1 nitrogen and oxygen atoms in total. The lowest BCUT2D eigenvalue weighted by molar-refractivity contribution is 0.544. The highest BCUT2D eigenvalue weighted by Crippen LogP contribution is 2.25. The number of hydrogen-bond acceptors (Lipinski definition) is 1. The fourth-order valence-electron chi connectivity index (χ4n) is 2.65. The van der Waals surface area contributed by atoms with Gasteiger partial charge in [-0.2, -0.15) is 0 Å². The molecule has 0 aliphatic rings. The molecule has 2 rings (SSSR count). The smallest absolute Gasteiger partial charge is 0.124 e.